The minimum Gasteiger partial charge on any atom is -0.309 e. The number of hydrogen-bond acceptors (Lipinski definition) is 16. The van der Waals surface area contributed by atoms with Crippen LogP contribution in [-0.4, -0.2) is 392 Å². The first-order valence-corrected chi connectivity index (χ1v) is 40.3. The first-order chi connectivity index (χ1) is 45.0. The lowest BCUT2D eigenvalue weighted by Gasteiger charge is -2.38. The normalized spacial score (nSPS) is 13.0. The molecule has 608 valence electrons. The zero-order valence-electron chi connectivity index (χ0n) is 77.3. The first-order valence-electron chi connectivity index (χ1n) is 40.3. The Morgan fingerprint density at radius 1 is 0.162 bits per heavy atom. The summed E-state index contributed by atoms with van der Waals surface area (Å²) in [6, 6.07) is 0. The maximum Gasteiger partial charge on any atom is 0.0126 e. The molecule has 0 amide bonds. The summed E-state index contributed by atoms with van der Waals surface area (Å²) in [5, 5.41) is 0. The Hall–Kier alpha value is -0.640. The van der Waals surface area contributed by atoms with Crippen LogP contribution >= 0.6 is 0 Å². The third kappa shape index (κ3) is 72.7. The molecule has 16 nitrogen and oxygen atoms in total. The van der Waals surface area contributed by atoms with Crippen molar-refractivity contribution in [3.05, 3.63) is 0 Å². The molecule has 0 aliphatic carbocycles. The molecule has 0 aliphatic heterocycles. The van der Waals surface area contributed by atoms with E-state index in [-0.39, 0.29) is 5.54 Å². The summed E-state index contributed by atoms with van der Waals surface area (Å²) < 4.78 is 0. The summed E-state index contributed by atoms with van der Waals surface area (Å²) >= 11 is 0. The average Bonchev–Trinajstić information content (AvgIpc) is 0.925. The highest BCUT2D eigenvalue weighted by atomic mass is 15.3. The van der Waals surface area contributed by atoms with E-state index in [0.29, 0.717) is 33.2 Å². The first kappa shape index (κ1) is 112. The Morgan fingerprint density at radius 2 is 0.364 bits per heavy atom. The molecule has 0 aromatic carbocycles. The van der Waals surface area contributed by atoms with Crippen LogP contribution in [0.1, 0.15) is 240 Å². The van der Waals surface area contributed by atoms with Crippen molar-refractivity contribution in [1.29, 1.82) is 0 Å². The van der Waals surface area contributed by atoms with Gasteiger partial charge in [0.25, 0.3) is 0 Å². The van der Waals surface area contributed by atoms with Gasteiger partial charge in [-0.25, -0.2) is 0 Å². The van der Waals surface area contributed by atoms with Gasteiger partial charge in [-0.05, 0) is 381 Å². The van der Waals surface area contributed by atoms with E-state index in [1.165, 1.54) is 124 Å². The standard InChI is InChI=1S/C16H37N3.C14H33N3.3C11H26N2.2C10H24N2/c1-8-17(9-2)12-14-19(16(5,6)7)15-13-18(10-3)11-4;1-14(2,3)17(12-8-10-15(4)5)13-9-11-16(6)7;1-7-12(5)9-8-10-13(6)11(2,3)4;1-7-13(8-2)10-9-12(6)11(3,4)5;1-7-12(6)9-10-13(8-2)11(3,4)5;1-10(2,3)12(6)9-7-8-11(4)5;1-7-11(5)8-9-12(6)10(2,3)4/h8-15H2,1-7H3;8-13H2,1-7H3;3*7-10H2,1-6H3;2*7-9H2,1-6H3. The van der Waals surface area contributed by atoms with Crippen LogP contribution < -0.4 is 0 Å². The predicted octanol–water partition coefficient (Wildman–Crippen LogP) is 14.3. The van der Waals surface area contributed by atoms with Gasteiger partial charge in [-0.3, -0.25) is 14.7 Å². The molecule has 0 bridgehead atoms. The second kappa shape index (κ2) is 61.4. The topological polar surface area (TPSA) is 51.8 Å². The molecular weight excluding hydrogens is 1220 g/mol. The second-order valence-electron chi connectivity index (χ2n) is 36.0. The minimum atomic E-state index is 0.264. The number of nitrogens with zero attached hydrogens (tertiary/aromatic N) is 16. The highest BCUT2D eigenvalue weighted by Crippen LogP contribution is 2.17. The van der Waals surface area contributed by atoms with Crippen LogP contribution in [0.2, 0.25) is 0 Å². The molecule has 16 heteroatoms. The van der Waals surface area contributed by atoms with Crippen LogP contribution in [0, 0.1) is 0 Å². The molecule has 0 heterocycles. The Kier molecular flexibility index (Phi) is 69.3. The molecule has 0 aromatic heterocycles. The van der Waals surface area contributed by atoms with Gasteiger partial charge >= 0.3 is 0 Å². The number of rotatable bonds is 41. The van der Waals surface area contributed by atoms with Crippen molar-refractivity contribution in [2.45, 2.75) is 279 Å². The minimum absolute atomic E-state index is 0.264. The van der Waals surface area contributed by atoms with Gasteiger partial charge in [0.05, 0.1) is 0 Å². The molecule has 0 rings (SSSR count). The van der Waals surface area contributed by atoms with E-state index < -0.39 is 0 Å². The highest BCUT2D eigenvalue weighted by Gasteiger charge is 2.24. The molecule has 0 aromatic rings. The van der Waals surface area contributed by atoms with Gasteiger partial charge in [-0.2, -0.15) is 0 Å². The highest BCUT2D eigenvalue weighted by molar-refractivity contribution is 4.81. The summed E-state index contributed by atoms with van der Waals surface area (Å²) in [6.45, 7) is 103. The monoisotopic (exact) mass is 1420 g/mol. The molecule has 0 saturated carbocycles. The molecule has 0 spiro atoms. The smallest absolute Gasteiger partial charge is 0.0126 e. The molecular formula is C83H196N16. The van der Waals surface area contributed by atoms with Crippen LogP contribution in [0.15, 0.2) is 0 Å². The second-order valence-corrected chi connectivity index (χ2v) is 36.0. The van der Waals surface area contributed by atoms with Crippen molar-refractivity contribution in [2.24, 2.45) is 0 Å². The van der Waals surface area contributed by atoms with E-state index in [4.69, 9.17) is 0 Å². The van der Waals surface area contributed by atoms with Crippen molar-refractivity contribution in [2.75, 3.05) is 275 Å². The van der Waals surface area contributed by atoms with Crippen LogP contribution in [0.5, 0.6) is 0 Å². The lowest BCUT2D eigenvalue weighted by molar-refractivity contribution is 0.102. The molecule has 99 heavy (non-hydrogen) atoms. The van der Waals surface area contributed by atoms with Gasteiger partial charge in [-0.1, -0.05) is 69.2 Å². The lowest BCUT2D eigenvalue weighted by atomic mass is 10.1. The zero-order valence-corrected chi connectivity index (χ0v) is 77.3. The quantitative estimate of drug-likeness (QED) is 0.0583. The summed E-state index contributed by atoms with van der Waals surface area (Å²) in [5.41, 5.74) is 2.08. The Morgan fingerprint density at radius 3 is 0.596 bits per heavy atom. The van der Waals surface area contributed by atoms with Crippen molar-refractivity contribution < 1.29 is 0 Å². The average molecular weight is 1420 g/mol. The van der Waals surface area contributed by atoms with Crippen LogP contribution in [0.3, 0.4) is 0 Å². The molecule has 0 radical (unpaired) electrons. The van der Waals surface area contributed by atoms with E-state index in [1.54, 1.807) is 0 Å². The van der Waals surface area contributed by atoms with Gasteiger partial charge in [0.1, 0.15) is 0 Å². The summed E-state index contributed by atoms with van der Waals surface area (Å²) in [7, 11) is 28.1. The Bertz CT molecular complexity index is 1640. The molecule has 0 N–H and O–H groups in total. The molecule has 0 unspecified atom stereocenters. The Balaban J connectivity index is -0.000000201. The SMILES string of the molecule is CCN(C)CCCN(C)C(C)(C)C.CCN(C)CCN(C)C(C)(C)C.CCN(C)CCN(CC)C(C)(C)C.CCN(CC)CCN(C)C(C)(C)C.CCN(CC)CCN(CCN(CC)CC)C(C)(C)C.CN(C)CCCN(C)C(C)(C)C.CN(C)CCCN(CCCN(C)C)C(C)(C)C. The van der Waals surface area contributed by atoms with Crippen LogP contribution in [0.25, 0.3) is 0 Å². The Labute approximate surface area is 629 Å². The number of hydrogen-bond donors (Lipinski definition) is 0. The fraction of sp³-hybridized carbons (Fsp3) is 1.00. The third-order valence-corrected chi connectivity index (χ3v) is 20.0. The zero-order chi connectivity index (χ0) is 79.4. The molecule has 0 fully saturated rings. The largest absolute Gasteiger partial charge is 0.309 e. The van der Waals surface area contributed by atoms with E-state index in [2.05, 4.69) is 385 Å². The maximum absolute atomic E-state index is 2.63. The van der Waals surface area contributed by atoms with E-state index in [1.807, 2.05) is 0 Å². The van der Waals surface area contributed by atoms with Gasteiger partial charge in [0, 0.05) is 104 Å². The van der Waals surface area contributed by atoms with E-state index >= 15 is 0 Å². The maximum atomic E-state index is 2.63. The van der Waals surface area contributed by atoms with Crippen molar-refractivity contribution in [3.63, 3.8) is 0 Å². The van der Waals surface area contributed by atoms with Crippen LogP contribution in [0.4, 0.5) is 0 Å². The van der Waals surface area contributed by atoms with E-state index in [9.17, 15) is 0 Å². The molecule has 0 aliphatic rings. The van der Waals surface area contributed by atoms with Crippen LogP contribution in [-0.2, 0) is 0 Å². The van der Waals surface area contributed by atoms with Gasteiger partial charge in [0.15, 0.2) is 0 Å². The fourth-order valence-electron chi connectivity index (χ4n) is 9.75. The van der Waals surface area contributed by atoms with Gasteiger partial charge < -0.3 is 63.7 Å². The van der Waals surface area contributed by atoms with E-state index in [0.717, 1.165) is 85.1 Å². The van der Waals surface area contributed by atoms with Crippen molar-refractivity contribution in [3.8, 4) is 0 Å². The number of likely N-dealkylation sites (N-methyl/N-ethyl adjacent to an activating group) is 8. The third-order valence-electron chi connectivity index (χ3n) is 20.0. The fourth-order valence-corrected chi connectivity index (χ4v) is 9.75. The molecule has 0 atom stereocenters. The van der Waals surface area contributed by atoms with Crippen molar-refractivity contribution >= 4 is 0 Å². The predicted molar refractivity (Wildman–Crippen MR) is 456 cm³/mol. The summed E-state index contributed by atoms with van der Waals surface area (Å²) in [5.74, 6) is 0. The lowest BCUT2D eigenvalue weighted by Crippen LogP contribution is -2.48. The van der Waals surface area contributed by atoms with Gasteiger partial charge in [-0.15, -0.1) is 0 Å². The summed E-state index contributed by atoms with van der Waals surface area (Å²) in [6.07, 6.45) is 5.03. The van der Waals surface area contributed by atoms with Crippen molar-refractivity contribution in [1.82, 2.24) is 78.4 Å². The molecule has 0 saturated heterocycles. The van der Waals surface area contributed by atoms with Gasteiger partial charge in [0.2, 0.25) is 0 Å². The summed E-state index contributed by atoms with van der Waals surface area (Å²) in [4.78, 5) is 38.7.